The number of pyridine rings is 1. The lowest BCUT2D eigenvalue weighted by atomic mass is 10.1. The van der Waals surface area contributed by atoms with E-state index in [0.29, 0.717) is 10.9 Å². The second-order valence-corrected chi connectivity index (χ2v) is 4.60. The summed E-state index contributed by atoms with van der Waals surface area (Å²) in [4.78, 5) is 15.8. The first-order valence-electron chi connectivity index (χ1n) is 5.74. The molecule has 0 radical (unpaired) electrons. The maximum atomic E-state index is 5.88. The highest BCUT2D eigenvalue weighted by Crippen LogP contribution is 2.28. The monoisotopic (exact) mass is 269 g/mol. The van der Waals surface area contributed by atoms with Crippen LogP contribution in [0, 0.1) is 0 Å². The van der Waals surface area contributed by atoms with Gasteiger partial charge in [0, 0.05) is 47.5 Å². The molecule has 0 spiro atoms. The molecule has 0 aliphatic carbocycles. The Balaban J connectivity index is 1.97. The minimum atomic E-state index is 0.476. The van der Waals surface area contributed by atoms with E-state index in [2.05, 4.69) is 19.9 Å². The van der Waals surface area contributed by atoms with Gasteiger partial charge in [0.15, 0.2) is 0 Å². The second kappa shape index (κ2) is 3.80. The van der Waals surface area contributed by atoms with Gasteiger partial charge >= 0.3 is 0 Å². The lowest BCUT2D eigenvalue weighted by Crippen LogP contribution is -1.88. The zero-order valence-corrected chi connectivity index (χ0v) is 10.5. The van der Waals surface area contributed by atoms with Gasteiger partial charge in [0.2, 0.25) is 5.78 Å². The number of halogens is 1. The van der Waals surface area contributed by atoms with E-state index < -0.39 is 0 Å². The molecule has 0 atom stereocenters. The first-order chi connectivity index (χ1) is 9.31. The van der Waals surface area contributed by atoms with Crippen molar-refractivity contribution in [3.8, 4) is 11.1 Å². The molecule has 1 N–H and O–H groups in total. The number of aromatic nitrogens is 5. The Bertz CT molecular complexity index is 892. The Kier molecular flexibility index (Phi) is 2.10. The summed E-state index contributed by atoms with van der Waals surface area (Å²) in [7, 11) is 0. The van der Waals surface area contributed by atoms with Crippen LogP contribution in [-0.2, 0) is 0 Å². The number of rotatable bonds is 1. The molecule has 0 aromatic carbocycles. The van der Waals surface area contributed by atoms with E-state index in [1.807, 2.05) is 29.1 Å². The average molecular weight is 270 g/mol. The molecule has 5 nitrogen and oxygen atoms in total. The summed E-state index contributed by atoms with van der Waals surface area (Å²) >= 11 is 5.88. The lowest BCUT2D eigenvalue weighted by molar-refractivity contribution is 1.11. The van der Waals surface area contributed by atoms with Gasteiger partial charge in [0.1, 0.15) is 10.8 Å². The smallest absolute Gasteiger partial charge is 0.233 e. The third-order valence-electron chi connectivity index (χ3n) is 3.06. The minimum Gasteiger partial charge on any atom is -0.345 e. The van der Waals surface area contributed by atoms with E-state index >= 15 is 0 Å². The summed E-state index contributed by atoms with van der Waals surface area (Å²) in [5, 5.41) is 1.50. The van der Waals surface area contributed by atoms with Crippen LogP contribution < -0.4 is 0 Å². The zero-order chi connectivity index (χ0) is 12.8. The Morgan fingerprint density at radius 3 is 3.11 bits per heavy atom. The molecular weight excluding hydrogens is 262 g/mol. The maximum Gasteiger partial charge on any atom is 0.233 e. The van der Waals surface area contributed by atoms with E-state index in [1.165, 1.54) is 0 Å². The van der Waals surface area contributed by atoms with Crippen molar-refractivity contribution in [2.24, 2.45) is 0 Å². The number of aromatic amines is 1. The number of H-pyrrole nitrogens is 1. The molecule has 4 aromatic rings. The zero-order valence-electron chi connectivity index (χ0n) is 9.71. The molecule has 19 heavy (non-hydrogen) atoms. The van der Waals surface area contributed by atoms with Crippen LogP contribution in [0.25, 0.3) is 27.9 Å². The third kappa shape index (κ3) is 1.59. The van der Waals surface area contributed by atoms with Gasteiger partial charge < -0.3 is 4.98 Å². The molecule has 92 valence electrons. The van der Waals surface area contributed by atoms with E-state index in [4.69, 9.17) is 11.6 Å². The van der Waals surface area contributed by atoms with Crippen molar-refractivity contribution in [2.75, 3.05) is 0 Å². The first-order valence-corrected chi connectivity index (χ1v) is 6.12. The van der Waals surface area contributed by atoms with Gasteiger partial charge in [-0.3, -0.25) is 4.40 Å². The predicted molar refractivity (Wildman–Crippen MR) is 73.1 cm³/mol. The quantitative estimate of drug-likeness (QED) is 0.541. The first kappa shape index (κ1) is 10.5. The van der Waals surface area contributed by atoms with Crippen LogP contribution in [0.4, 0.5) is 0 Å². The van der Waals surface area contributed by atoms with Crippen LogP contribution in [0.5, 0.6) is 0 Å². The minimum absolute atomic E-state index is 0.476. The highest BCUT2D eigenvalue weighted by atomic mass is 35.5. The standard InChI is InChI=1S/C13H8ClN5/c14-11-2-1-9-10(6-16-12(9)18-11)8-5-17-13-15-3-4-19(13)7-8/h1-7H,(H,16,18). The van der Waals surface area contributed by atoms with Gasteiger partial charge in [-0.2, -0.15) is 0 Å². The summed E-state index contributed by atoms with van der Waals surface area (Å²) < 4.78 is 1.89. The predicted octanol–water partition coefficient (Wildman–Crippen LogP) is 2.93. The molecule has 0 amide bonds. The number of imidazole rings is 1. The number of nitrogens with zero attached hydrogens (tertiary/aromatic N) is 4. The van der Waals surface area contributed by atoms with Crippen LogP contribution in [-0.4, -0.2) is 24.3 Å². The van der Waals surface area contributed by atoms with E-state index in [9.17, 15) is 0 Å². The molecule has 0 fully saturated rings. The van der Waals surface area contributed by atoms with Crippen LogP contribution in [0.15, 0.2) is 43.1 Å². The van der Waals surface area contributed by atoms with Gasteiger partial charge in [0.05, 0.1) is 0 Å². The van der Waals surface area contributed by atoms with Gasteiger partial charge in [-0.15, -0.1) is 0 Å². The van der Waals surface area contributed by atoms with E-state index in [0.717, 1.165) is 22.2 Å². The number of hydrogen-bond acceptors (Lipinski definition) is 3. The van der Waals surface area contributed by atoms with Crippen LogP contribution in [0.3, 0.4) is 0 Å². The summed E-state index contributed by atoms with van der Waals surface area (Å²) in [5.74, 6) is 0.685. The summed E-state index contributed by atoms with van der Waals surface area (Å²) in [6, 6.07) is 3.74. The molecule has 4 aromatic heterocycles. The second-order valence-electron chi connectivity index (χ2n) is 4.21. The van der Waals surface area contributed by atoms with Crippen molar-refractivity contribution in [3.05, 3.63) is 48.3 Å². The molecule has 0 unspecified atom stereocenters. The normalized spacial score (nSPS) is 11.4. The highest BCUT2D eigenvalue weighted by Gasteiger charge is 2.08. The Labute approximate surface area is 112 Å². The molecule has 0 saturated carbocycles. The molecule has 4 heterocycles. The molecule has 0 bridgehead atoms. The SMILES string of the molecule is Clc1ccc2c(-c3cnc4nccn4c3)c[nH]c2n1. The molecule has 6 heteroatoms. The Morgan fingerprint density at radius 2 is 2.16 bits per heavy atom. The number of hydrogen-bond donors (Lipinski definition) is 1. The highest BCUT2D eigenvalue weighted by molar-refractivity contribution is 6.29. The van der Waals surface area contributed by atoms with E-state index in [1.54, 1.807) is 18.5 Å². The summed E-state index contributed by atoms with van der Waals surface area (Å²) in [5.41, 5.74) is 2.82. The van der Waals surface area contributed by atoms with Crippen LogP contribution in [0.2, 0.25) is 5.15 Å². The Hall–Kier alpha value is -2.40. The summed E-state index contributed by atoms with van der Waals surface area (Å²) in [6.07, 6.45) is 9.30. The van der Waals surface area contributed by atoms with Crippen LogP contribution >= 0.6 is 11.6 Å². The summed E-state index contributed by atoms with van der Waals surface area (Å²) in [6.45, 7) is 0. The lowest BCUT2D eigenvalue weighted by Gasteiger charge is -2.00. The van der Waals surface area contributed by atoms with Crippen molar-refractivity contribution in [1.82, 2.24) is 24.3 Å². The van der Waals surface area contributed by atoms with Crippen molar-refractivity contribution in [3.63, 3.8) is 0 Å². The van der Waals surface area contributed by atoms with Crippen molar-refractivity contribution < 1.29 is 0 Å². The van der Waals surface area contributed by atoms with E-state index in [-0.39, 0.29) is 0 Å². The topological polar surface area (TPSA) is 58.9 Å². The number of nitrogens with one attached hydrogen (secondary N) is 1. The van der Waals surface area contributed by atoms with Gasteiger partial charge in [-0.25, -0.2) is 15.0 Å². The maximum absolute atomic E-state index is 5.88. The fourth-order valence-electron chi connectivity index (χ4n) is 2.18. The van der Waals surface area contributed by atoms with Gasteiger partial charge in [-0.1, -0.05) is 11.6 Å². The molecule has 4 rings (SSSR count). The number of fused-ring (bicyclic) bond motifs is 2. The molecular formula is C13H8ClN5. The fraction of sp³-hybridized carbons (Fsp3) is 0. The van der Waals surface area contributed by atoms with Gasteiger partial charge in [-0.05, 0) is 12.1 Å². The van der Waals surface area contributed by atoms with Crippen molar-refractivity contribution in [1.29, 1.82) is 0 Å². The third-order valence-corrected chi connectivity index (χ3v) is 3.27. The molecule has 0 aliphatic rings. The average Bonchev–Trinajstić information content (AvgIpc) is 3.02. The largest absolute Gasteiger partial charge is 0.345 e. The van der Waals surface area contributed by atoms with Crippen molar-refractivity contribution >= 4 is 28.4 Å². The van der Waals surface area contributed by atoms with Crippen LogP contribution in [0.1, 0.15) is 0 Å². The molecule has 0 saturated heterocycles. The fourth-order valence-corrected chi connectivity index (χ4v) is 2.32. The van der Waals surface area contributed by atoms with Crippen molar-refractivity contribution in [2.45, 2.75) is 0 Å². The Morgan fingerprint density at radius 1 is 1.21 bits per heavy atom. The van der Waals surface area contributed by atoms with Gasteiger partial charge in [0.25, 0.3) is 0 Å². The molecule has 0 aliphatic heterocycles.